The van der Waals surface area contributed by atoms with Crippen molar-refractivity contribution in [1.82, 2.24) is 10.6 Å². The van der Waals surface area contributed by atoms with E-state index in [1.165, 1.54) is 0 Å². The molecule has 0 aliphatic heterocycles. The first-order valence-electron chi connectivity index (χ1n) is 9.53. The molecule has 3 amide bonds. The lowest BCUT2D eigenvalue weighted by Crippen LogP contribution is -2.36. The first-order chi connectivity index (χ1) is 13.5. The third-order valence-corrected chi connectivity index (χ3v) is 4.23. The number of aryl methyl sites for hydroxylation is 1. The quantitative estimate of drug-likeness (QED) is 0.485. The molecule has 148 valence electrons. The molecular formula is C22H27N3O3. The van der Waals surface area contributed by atoms with Crippen LogP contribution in [0.5, 0.6) is 0 Å². The standard InChI is InChI=1S/C22H27N3O3/c1-3-4-7-13-23-21(27)22(28)25-19-12-6-5-11-18(19)20(26)24-15-17-10-8-9-16(2)14-17/h5-6,8-12,14H,3-4,7,13,15H2,1-2H3,(H,23,27)(H,24,26)(H,25,28). The Bertz CT molecular complexity index is 833. The van der Waals surface area contributed by atoms with Crippen molar-refractivity contribution in [3.63, 3.8) is 0 Å². The number of amides is 3. The lowest BCUT2D eigenvalue weighted by atomic mass is 10.1. The number of nitrogens with one attached hydrogen (secondary N) is 3. The van der Waals surface area contributed by atoms with E-state index in [-0.39, 0.29) is 5.91 Å². The molecule has 0 aliphatic carbocycles. The molecule has 28 heavy (non-hydrogen) atoms. The Balaban J connectivity index is 1.96. The highest BCUT2D eigenvalue weighted by Crippen LogP contribution is 2.15. The van der Waals surface area contributed by atoms with Crippen LogP contribution in [-0.2, 0) is 16.1 Å². The van der Waals surface area contributed by atoms with Crippen LogP contribution in [0.25, 0.3) is 0 Å². The molecule has 6 nitrogen and oxygen atoms in total. The summed E-state index contributed by atoms with van der Waals surface area (Å²) in [4.78, 5) is 36.6. The first-order valence-corrected chi connectivity index (χ1v) is 9.53. The van der Waals surface area contributed by atoms with Crippen molar-refractivity contribution in [2.24, 2.45) is 0 Å². The smallest absolute Gasteiger partial charge is 0.313 e. The minimum Gasteiger partial charge on any atom is -0.348 e. The summed E-state index contributed by atoms with van der Waals surface area (Å²) in [5.41, 5.74) is 2.71. The zero-order valence-corrected chi connectivity index (χ0v) is 16.4. The van der Waals surface area contributed by atoms with Gasteiger partial charge in [-0.3, -0.25) is 14.4 Å². The molecule has 0 aromatic heterocycles. The number of rotatable bonds is 8. The van der Waals surface area contributed by atoms with Gasteiger partial charge in [0.15, 0.2) is 0 Å². The van der Waals surface area contributed by atoms with Crippen LogP contribution in [0.15, 0.2) is 48.5 Å². The molecule has 6 heteroatoms. The zero-order valence-electron chi connectivity index (χ0n) is 16.4. The van der Waals surface area contributed by atoms with E-state index in [9.17, 15) is 14.4 Å². The largest absolute Gasteiger partial charge is 0.348 e. The van der Waals surface area contributed by atoms with E-state index in [1.54, 1.807) is 24.3 Å². The number of hydrogen-bond acceptors (Lipinski definition) is 3. The number of anilines is 1. The summed E-state index contributed by atoms with van der Waals surface area (Å²) in [5, 5.41) is 7.96. The van der Waals surface area contributed by atoms with E-state index in [4.69, 9.17) is 0 Å². The highest BCUT2D eigenvalue weighted by Gasteiger charge is 2.17. The average Bonchev–Trinajstić information content (AvgIpc) is 2.69. The maximum Gasteiger partial charge on any atom is 0.313 e. The maximum atomic E-state index is 12.6. The molecule has 0 bridgehead atoms. The van der Waals surface area contributed by atoms with E-state index in [2.05, 4.69) is 22.9 Å². The second-order valence-electron chi connectivity index (χ2n) is 6.63. The van der Waals surface area contributed by atoms with Crippen molar-refractivity contribution in [3.05, 3.63) is 65.2 Å². The number of unbranched alkanes of at least 4 members (excludes halogenated alkanes) is 2. The maximum absolute atomic E-state index is 12.6. The Morgan fingerprint density at radius 1 is 0.893 bits per heavy atom. The van der Waals surface area contributed by atoms with Crippen LogP contribution in [-0.4, -0.2) is 24.3 Å². The average molecular weight is 381 g/mol. The lowest BCUT2D eigenvalue weighted by molar-refractivity contribution is -0.136. The van der Waals surface area contributed by atoms with Gasteiger partial charge < -0.3 is 16.0 Å². The van der Waals surface area contributed by atoms with Crippen molar-refractivity contribution in [1.29, 1.82) is 0 Å². The minimum atomic E-state index is -0.782. The zero-order chi connectivity index (χ0) is 20.4. The normalized spacial score (nSPS) is 10.2. The number of benzene rings is 2. The summed E-state index contributed by atoms with van der Waals surface area (Å²) in [6, 6.07) is 14.5. The lowest BCUT2D eigenvalue weighted by Gasteiger charge is -2.12. The predicted octanol–water partition coefficient (Wildman–Crippen LogP) is 3.17. The Morgan fingerprint density at radius 2 is 1.68 bits per heavy atom. The molecule has 0 radical (unpaired) electrons. The predicted molar refractivity (Wildman–Crippen MR) is 110 cm³/mol. The van der Waals surface area contributed by atoms with Gasteiger partial charge in [-0.2, -0.15) is 0 Å². The van der Waals surface area contributed by atoms with Crippen molar-refractivity contribution < 1.29 is 14.4 Å². The number of carbonyl (C=O) groups is 3. The molecule has 0 atom stereocenters. The highest BCUT2D eigenvalue weighted by atomic mass is 16.2. The minimum absolute atomic E-state index is 0.304. The van der Waals surface area contributed by atoms with Gasteiger partial charge in [0.25, 0.3) is 5.91 Å². The number of carbonyl (C=O) groups excluding carboxylic acids is 3. The molecular weight excluding hydrogens is 354 g/mol. The first kappa shape index (κ1) is 21.2. The molecule has 0 spiro atoms. The summed E-state index contributed by atoms with van der Waals surface area (Å²) >= 11 is 0. The van der Waals surface area contributed by atoms with Gasteiger partial charge in [-0.15, -0.1) is 0 Å². The fourth-order valence-electron chi connectivity index (χ4n) is 2.73. The number of para-hydroxylation sites is 1. The van der Waals surface area contributed by atoms with E-state index < -0.39 is 11.8 Å². The molecule has 0 aliphatic rings. The Kier molecular flexibility index (Phi) is 8.21. The fraction of sp³-hybridized carbons (Fsp3) is 0.318. The Hall–Kier alpha value is -3.15. The fourth-order valence-corrected chi connectivity index (χ4v) is 2.73. The summed E-state index contributed by atoms with van der Waals surface area (Å²) < 4.78 is 0. The molecule has 0 fully saturated rings. The van der Waals surface area contributed by atoms with Crippen molar-refractivity contribution in [3.8, 4) is 0 Å². The van der Waals surface area contributed by atoms with Crippen LogP contribution in [0.3, 0.4) is 0 Å². The molecule has 3 N–H and O–H groups in total. The van der Waals surface area contributed by atoms with Gasteiger partial charge in [0.2, 0.25) is 0 Å². The van der Waals surface area contributed by atoms with Gasteiger partial charge in [-0.25, -0.2) is 0 Å². The second kappa shape index (κ2) is 10.9. The van der Waals surface area contributed by atoms with Crippen LogP contribution in [0.1, 0.15) is 47.7 Å². The Morgan fingerprint density at radius 3 is 2.43 bits per heavy atom. The van der Waals surface area contributed by atoms with Gasteiger partial charge in [-0.05, 0) is 31.0 Å². The molecule has 0 heterocycles. The highest BCUT2D eigenvalue weighted by molar-refractivity contribution is 6.40. The van der Waals surface area contributed by atoms with E-state index in [1.807, 2.05) is 31.2 Å². The van der Waals surface area contributed by atoms with Crippen molar-refractivity contribution in [2.45, 2.75) is 39.7 Å². The Labute approximate surface area is 165 Å². The number of hydrogen-bond donors (Lipinski definition) is 3. The summed E-state index contributed by atoms with van der Waals surface area (Å²) in [5.74, 6) is -1.80. The summed E-state index contributed by atoms with van der Waals surface area (Å²) in [6.45, 7) is 4.89. The van der Waals surface area contributed by atoms with Crippen molar-refractivity contribution in [2.75, 3.05) is 11.9 Å². The van der Waals surface area contributed by atoms with E-state index in [0.717, 1.165) is 30.4 Å². The third-order valence-electron chi connectivity index (χ3n) is 4.23. The van der Waals surface area contributed by atoms with E-state index in [0.29, 0.717) is 24.3 Å². The van der Waals surface area contributed by atoms with Crippen LogP contribution in [0.4, 0.5) is 5.69 Å². The molecule has 2 aromatic carbocycles. The topological polar surface area (TPSA) is 87.3 Å². The van der Waals surface area contributed by atoms with Crippen LogP contribution in [0.2, 0.25) is 0 Å². The van der Waals surface area contributed by atoms with Gasteiger partial charge >= 0.3 is 11.8 Å². The van der Waals surface area contributed by atoms with E-state index >= 15 is 0 Å². The molecule has 0 saturated heterocycles. The van der Waals surface area contributed by atoms with Gasteiger partial charge in [0, 0.05) is 13.1 Å². The van der Waals surface area contributed by atoms with Crippen molar-refractivity contribution >= 4 is 23.4 Å². The molecule has 2 rings (SSSR count). The van der Waals surface area contributed by atoms with Crippen LogP contribution >= 0.6 is 0 Å². The third kappa shape index (κ3) is 6.54. The van der Waals surface area contributed by atoms with Crippen LogP contribution in [0, 0.1) is 6.92 Å². The summed E-state index contributed by atoms with van der Waals surface area (Å²) in [7, 11) is 0. The van der Waals surface area contributed by atoms with Crippen LogP contribution < -0.4 is 16.0 Å². The van der Waals surface area contributed by atoms with Gasteiger partial charge in [-0.1, -0.05) is 61.7 Å². The monoisotopic (exact) mass is 381 g/mol. The van der Waals surface area contributed by atoms with Gasteiger partial charge in [0.05, 0.1) is 11.3 Å². The second-order valence-corrected chi connectivity index (χ2v) is 6.63. The SMILES string of the molecule is CCCCCNC(=O)C(=O)Nc1ccccc1C(=O)NCc1cccc(C)c1. The summed E-state index contributed by atoms with van der Waals surface area (Å²) in [6.07, 6.45) is 2.85. The van der Waals surface area contributed by atoms with Gasteiger partial charge in [0.1, 0.15) is 0 Å². The molecule has 0 saturated carbocycles. The molecule has 2 aromatic rings. The molecule has 0 unspecified atom stereocenters.